The molecule has 1 aliphatic carbocycles. The topological polar surface area (TPSA) is 64.0 Å². The van der Waals surface area contributed by atoms with Gasteiger partial charge in [0, 0.05) is 29.6 Å². The van der Waals surface area contributed by atoms with Crippen LogP contribution in [0.25, 0.3) is 10.2 Å². The number of anilines is 1. The van der Waals surface area contributed by atoms with Crippen LogP contribution >= 0.6 is 11.3 Å². The Morgan fingerprint density at radius 1 is 1.19 bits per heavy atom. The maximum absolute atomic E-state index is 13.2. The van der Waals surface area contributed by atoms with Crippen molar-refractivity contribution in [3.05, 3.63) is 57.0 Å². The van der Waals surface area contributed by atoms with Crippen LogP contribution in [0.4, 0.5) is 14.5 Å². The number of benzene rings is 1. The number of carbonyl (C=O) groups is 1. The second-order valence-corrected chi connectivity index (χ2v) is 7.67. The van der Waals surface area contributed by atoms with Gasteiger partial charge in [-0.05, 0) is 43.4 Å². The van der Waals surface area contributed by atoms with Crippen molar-refractivity contribution in [2.24, 2.45) is 0 Å². The summed E-state index contributed by atoms with van der Waals surface area (Å²) in [6, 6.07) is 2.81. The maximum atomic E-state index is 13.2. The Bertz CT molecular complexity index is 1070. The summed E-state index contributed by atoms with van der Waals surface area (Å²) >= 11 is 1.58. The fraction of sp³-hybridized carbons (Fsp3) is 0.316. The van der Waals surface area contributed by atoms with Crippen molar-refractivity contribution in [1.82, 2.24) is 9.55 Å². The van der Waals surface area contributed by atoms with Crippen LogP contribution in [0.1, 0.15) is 29.7 Å². The van der Waals surface area contributed by atoms with Gasteiger partial charge in [-0.3, -0.25) is 14.2 Å². The van der Waals surface area contributed by atoms with Crippen LogP contribution in [0.5, 0.6) is 0 Å². The van der Waals surface area contributed by atoms with E-state index in [1.165, 1.54) is 15.8 Å². The van der Waals surface area contributed by atoms with Crippen molar-refractivity contribution in [3.63, 3.8) is 0 Å². The van der Waals surface area contributed by atoms with Crippen molar-refractivity contribution < 1.29 is 13.6 Å². The summed E-state index contributed by atoms with van der Waals surface area (Å²) in [6.07, 6.45) is 5.54. The molecule has 3 aromatic rings. The average molecular weight is 389 g/mol. The highest BCUT2D eigenvalue weighted by molar-refractivity contribution is 7.18. The van der Waals surface area contributed by atoms with E-state index in [0.29, 0.717) is 5.39 Å². The largest absolute Gasteiger partial charge is 0.326 e. The average Bonchev–Trinajstić information content (AvgIpc) is 2.99. The monoisotopic (exact) mass is 389 g/mol. The Balaban J connectivity index is 1.51. The molecule has 1 N–H and O–H groups in total. The molecule has 8 heteroatoms. The third-order valence-corrected chi connectivity index (χ3v) is 5.87. The lowest BCUT2D eigenvalue weighted by molar-refractivity contribution is -0.116. The molecule has 27 heavy (non-hydrogen) atoms. The standard InChI is InChI=1S/C19H17F2N3O2S/c20-11-7-12(21)9-13(8-11)23-16(25)5-6-24-10-22-18-17(19(24)26)14-3-1-2-4-15(14)27-18/h7-10H,1-6H2,(H,23,25). The predicted octanol–water partition coefficient (Wildman–Crippen LogP) is 3.64. The van der Waals surface area contributed by atoms with E-state index in [0.717, 1.165) is 54.3 Å². The molecule has 0 spiro atoms. The molecule has 2 heterocycles. The van der Waals surface area contributed by atoms with Gasteiger partial charge in [0.2, 0.25) is 5.91 Å². The van der Waals surface area contributed by atoms with E-state index >= 15 is 0 Å². The van der Waals surface area contributed by atoms with E-state index in [-0.39, 0.29) is 24.2 Å². The van der Waals surface area contributed by atoms with Crippen molar-refractivity contribution in [1.29, 1.82) is 0 Å². The lowest BCUT2D eigenvalue weighted by Crippen LogP contribution is -2.24. The van der Waals surface area contributed by atoms with Crippen molar-refractivity contribution in [3.8, 4) is 0 Å². The van der Waals surface area contributed by atoms with Crippen LogP contribution in [0.2, 0.25) is 0 Å². The number of nitrogens with zero attached hydrogens (tertiary/aromatic N) is 2. The molecule has 0 aliphatic heterocycles. The maximum Gasteiger partial charge on any atom is 0.262 e. The van der Waals surface area contributed by atoms with Crippen LogP contribution in [-0.4, -0.2) is 15.5 Å². The van der Waals surface area contributed by atoms with E-state index in [9.17, 15) is 18.4 Å². The molecule has 5 nitrogen and oxygen atoms in total. The molecule has 1 amide bonds. The van der Waals surface area contributed by atoms with Crippen LogP contribution in [-0.2, 0) is 24.2 Å². The van der Waals surface area contributed by atoms with Crippen LogP contribution < -0.4 is 10.9 Å². The van der Waals surface area contributed by atoms with Gasteiger partial charge in [-0.25, -0.2) is 13.8 Å². The number of hydrogen-bond donors (Lipinski definition) is 1. The number of halogens is 2. The second kappa shape index (κ2) is 7.19. The molecule has 4 rings (SSSR count). The number of fused-ring (bicyclic) bond motifs is 3. The first-order chi connectivity index (χ1) is 13.0. The highest BCUT2D eigenvalue weighted by Gasteiger charge is 2.20. The van der Waals surface area contributed by atoms with Gasteiger partial charge in [0.1, 0.15) is 16.5 Å². The number of amides is 1. The van der Waals surface area contributed by atoms with Crippen molar-refractivity contribution >= 4 is 33.1 Å². The Hall–Kier alpha value is -2.61. The van der Waals surface area contributed by atoms with Gasteiger partial charge in [0.25, 0.3) is 5.56 Å². The summed E-state index contributed by atoms with van der Waals surface area (Å²) in [5, 5.41) is 3.11. The smallest absolute Gasteiger partial charge is 0.262 e. The Labute approximate surface area is 157 Å². The zero-order valence-corrected chi connectivity index (χ0v) is 15.2. The molecule has 0 saturated carbocycles. The first kappa shape index (κ1) is 17.8. The summed E-state index contributed by atoms with van der Waals surface area (Å²) < 4.78 is 27.8. The van der Waals surface area contributed by atoms with Gasteiger partial charge in [-0.1, -0.05) is 0 Å². The molecule has 0 fully saturated rings. The summed E-state index contributed by atoms with van der Waals surface area (Å²) in [5.74, 6) is -1.96. The van der Waals surface area contributed by atoms with E-state index in [1.807, 2.05) is 0 Å². The second-order valence-electron chi connectivity index (χ2n) is 6.59. The number of rotatable bonds is 4. The number of aromatic nitrogens is 2. The fourth-order valence-corrected chi connectivity index (χ4v) is 4.63. The van der Waals surface area contributed by atoms with E-state index in [1.54, 1.807) is 11.3 Å². The predicted molar refractivity (Wildman–Crippen MR) is 100 cm³/mol. The minimum atomic E-state index is -0.765. The molecule has 2 aromatic heterocycles. The number of carbonyl (C=O) groups excluding carboxylic acids is 1. The lowest BCUT2D eigenvalue weighted by atomic mass is 9.97. The zero-order valence-electron chi connectivity index (χ0n) is 14.4. The van der Waals surface area contributed by atoms with E-state index in [4.69, 9.17) is 0 Å². The van der Waals surface area contributed by atoms with E-state index in [2.05, 4.69) is 10.3 Å². The number of nitrogens with one attached hydrogen (secondary N) is 1. The highest BCUT2D eigenvalue weighted by atomic mass is 32.1. The molecular formula is C19H17F2N3O2S. The minimum absolute atomic E-state index is 0.00243. The van der Waals surface area contributed by atoms with Crippen molar-refractivity contribution in [2.75, 3.05) is 5.32 Å². The lowest BCUT2D eigenvalue weighted by Gasteiger charge is -2.10. The molecule has 0 unspecified atom stereocenters. The molecule has 140 valence electrons. The van der Waals surface area contributed by atoms with E-state index < -0.39 is 17.5 Å². The normalized spacial score (nSPS) is 13.6. The third-order valence-electron chi connectivity index (χ3n) is 4.67. The van der Waals surface area contributed by atoms with Crippen molar-refractivity contribution in [2.45, 2.75) is 38.6 Å². The molecule has 0 saturated heterocycles. The molecule has 0 atom stereocenters. The quantitative estimate of drug-likeness (QED) is 0.741. The van der Waals surface area contributed by atoms with Gasteiger partial charge >= 0.3 is 0 Å². The summed E-state index contributed by atoms with van der Waals surface area (Å²) in [5.41, 5.74) is 1.02. The SMILES string of the molecule is O=C(CCn1cnc2sc3c(c2c1=O)CCCC3)Nc1cc(F)cc(F)c1. The van der Waals surface area contributed by atoms with Gasteiger partial charge in [-0.15, -0.1) is 11.3 Å². The molecular weight excluding hydrogens is 372 g/mol. The third kappa shape index (κ3) is 3.62. The number of thiophene rings is 1. The Morgan fingerprint density at radius 2 is 1.93 bits per heavy atom. The number of hydrogen-bond acceptors (Lipinski definition) is 4. The van der Waals surface area contributed by atoms with Crippen LogP contribution in [0, 0.1) is 11.6 Å². The molecule has 1 aromatic carbocycles. The first-order valence-electron chi connectivity index (χ1n) is 8.77. The van der Waals surface area contributed by atoms with Gasteiger partial charge in [-0.2, -0.15) is 0 Å². The Kier molecular flexibility index (Phi) is 4.73. The zero-order chi connectivity index (χ0) is 19.0. The molecule has 0 radical (unpaired) electrons. The summed E-state index contributed by atoms with van der Waals surface area (Å²) in [4.78, 5) is 31.3. The Morgan fingerprint density at radius 3 is 2.70 bits per heavy atom. The highest BCUT2D eigenvalue weighted by Crippen LogP contribution is 2.33. The summed E-state index contributed by atoms with van der Waals surface area (Å²) in [7, 11) is 0. The van der Waals surface area contributed by atoms with Crippen LogP contribution in [0.3, 0.4) is 0 Å². The summed E-state index contributed by atoms with van der Waals surface area (Å²) in [6.45, 7) is 0.149. The molecule has 1 aliphatic rings. The van der Waals surface area contributed by atoms with Gasteiger partial charge < -0.3 is 5.32 Å². The first-order valence-corrected chi connectivity index (χ1v) is 9.58. The number of aryl methyl sites for hydroxylation is 3. The fourth-order valence-electron chi connectivity index (χ4n) is 3.41. The van der Waals surface area contributed by atoms with Gasteiger partial charge in [0.05, 0.1) is 11.7 Å². The minimum Gasteiger partial charge on any atom is -0.326 e. The van der Waals surface area contributed by atoms with Gasteiger partial charge in [0.15, 0.2) is 0 Å². The van der Waals surface area contributed by atoms with Crippen LogP contribution in [0.15, 0.2) is 29.3 Å². The molecule has 0 bridgehead atoms.